The minimum absolute atomic E-state index is 0. The Morgan fingerprint density at radius 3 is 0.667 bits per heavy atom. The van der Waals surface area contributed by atoms with Gasteiger partial charge in [0.1, 0.15) is 0 Å². The third-order valence-corrected chi connectivity index (χ3v) is 0. The van der Waals surface area contributed by atoms with Crippen molar-refractivity contribution in [2.75, 3.05) is 0 Å². The van der Waals surface area contributed by atoms with Gasteiger partial charge in [-0.2, -0.15) is 0 Å². The molecule has 0 atom stereocenters. The van der Waals surface area contributed by atoms with Crippen LogP contribution in [-0.4, -0.2) is 40.7 Å². The van der Waals surface area contributed by atoms with Crippen molar-refractivity contribution < 1.29 is 77.6 Å². The predicted octanol–water partition coefficient (Wildman–Crippen LogP) is -7.12. The first kappa shape index (κ1) is 76.4. The van der Waals surface area contributed by atoms with Gasteiger partial charge in [0.05, 0.1) is 0 Å². The molecule has 0 bridgehead atoms. The molecule has 0 amide bonds. The molecule has 10 N–H and O–H groups in total. The molecule has 0 saturated carbocycles. The van der Waals surface area contributed by atoms with Crippen LogP contribution >= 0.6 is 0 Å². The maximum Gasteiger partial charge on any atom is 1.00 e. The van der Waals surface area contributed by atoms with Crippen LogP contribution in [0.25, 0.3) is 0 Å². The molecular weight excluding hydrogens is 350 g/mol. The summed E-state index contributed by atoms with van der Waals surface area (Å²) >= 11 is -5.75. The Morgan fingerprint density at radius 2 is 0.667 bits per heavy atom. The molecule has 0 fully saturated rings. The predicted molar refractivity (Wildman–Crippen MR) is 25.2 cm³/mol. The first-order valence-electron chi connectivity index (χ1n) is 0.667. The van der Waals surface area contributed by atoms with Crippen LogP contribution in [0.3, 0.4) is 0 Å². The quantitative estimate of drug-likeness (QED) is 0.382. The molecule has 0 unspecified atom stereocenters. The average Bonchev–Trinajstić information content (AvgIpc) is 0.722. The second-order valence-corrected chi connectivity index (χ2v) is 2.12. The van der Waals surface area contributed by atoms with E-state index in [1.807, 2.05) is 0 Å². The fourth-order valence-corrected chi connectivity index (χ4v) is 0. The van der Waals surface area contributed by atoms with E-state index < -0.39 is 13.4 Å². The van der Waals surface area contributed by atoms with Crippen LogP contribution in [0, 0.1) is 0 Å². The van der Waals surface area contributed by atoms with Gasteiger partial charge in [0.2, 0.25) is 0 Å². The number of rotatable bonds is 0. The molecule has 12 heavy (non-hydrogen) atoms. The van der Waals surface area contributed by atoms with Gasteiger partial charge in [-0.15, -0.1) is 0 Å². The maximum absolute atomic E-state index is 8.59. The van der Waals surface area contributed by atoms with Crippen molar-refractivity contribution in [3.63, 3.8) is 0 Å². The Labute approximate surface area is 90.9 Å². The molecule has 0 aliphatic carbocycles. The van der Waals surface area contributed by atoms with E-state index in [1.165, 1.54) is 0 Å². The molecule has 0 aromatic heterocycles. The molecular formula is H10Cu2O9Se. The van der Waals surface area contributed by atoms with Crippen molar-refractivity contribution in [2.24, 2.45) is 0 Å². The van der Waals surface area contributed by atoms with Crippen molar-refractivity contribution in [1.82, 2.24) is 0 Å². The molecule has 12 heteroatoms. The second kappa shape index (κ2) is 29.7. The van der Waals surface area contributed by atoms with Gasteiger partial charge >= 0.3 is 63.6 Å². The summed E-state index contributed by atoms with van der Waals surface area (Å²) in [6.45, 7) is 0. The maximum atomic E-state index is 8.59. The zero-order valence-electron chi connectivity index (χ0n) is 5.14. The third-order valence-electron chi connectivity index (χ3n) is 0. The van der Waals surface area contributed by atoms with Crippen LogP contribution < -0.4 is 8.38 Å². The van der Waals surface area contributed by atoms with Crippen molar-refractivity contribution in [3.8, 4) is 0 Å². The number of hydrogen-bond donors (Lipinski definition) is 0. The van der Waals surface area contributed by atoms with E-state index in [1.54, 1.807) is 0 Å². The summed E-state index contributed by atoms with van der Waals surface area (Å²) in [5.41, 5.74) is 0. The van der Waals surface area contributed by atoms with Crippen LogP contribution in [0.15, 0.2) is 0 Å². The van der Waals surface area contributed by atoms with Crippen molar-refractivity contribution in [1.29, 1.82) is 0 Å². The van der Waals surface area contributed by atoms with Crippen LogP contribution in [0.4, 0.5) is 0 Å². The van der Waals surface area contributed by atoms with Gasteiger partial charge in [-0.3, -0.25) is 0 Å². The van der Waals surface area contributed by atoms with Crippen molar-refractivity contribution >= 4 is 13.4 Å². The Bertz CT molecular complexity index is 95.7. The Morgan fingerprint density at radius 1 is 0.667 bits per heavy atom. The Kier molecular flexibility index (Phi) is 189. The zero-order valence-corrected chi connectivity index (χ0v) is 8.74. The largest absolute Gasteiger partial charge is 1.00 e. The second-order valence-electron chi connectivity index (χ2n) is 0.408. The molecule has 0 aliphatic heterocycles. The Hall–Kier alpha value is 0.878. The van der Waals surface area contributed by atoms with Crippen molar-refractivity contribution in [2.45, 2.75) is 0 Å². The van der Waals surface area contributed by atoms with E-state index in [0.717, 1.165) is 0 Å². The van der Waals surface area contributed by atoms with Gasteiger partial charge in [-0.25, -0.2) is 0 Å². The standard InChI is InChI=1S/2Cu.H2O4Se.5H2O/c;;1-5(2,3)4;;;;;/h;;(H2,1,2,3,4);5*1H2/q2*+1;;;;;;/p-2. The van der Waals surface area contributed by atoms with Crippen LogP contribution in [0.2, 0.25) is 0 Å². The molecule has 9 nitrogen and oxygen atoms in total. The zero-order chi connectivity index (χ0) is 4.50. The summed E-state index contributed by atoms with van der Waals surface area (Å²) < 4.78 is 34.4. The molecule has 0 saturated heterocycles. The average molecular weight is 360 g/mol. The molecule has 0 aliphatic rings. The summed E-state index contributed by atoms with van der Waals surface area (Å²) in [6.07, 6.45) is 0. The SMILES string of the molecule is O.O.O.O.O.O=[Se](=O)([O-])[O-].[Cu+].[Cu+]. The molecule has 0 rings (SSSR count). The first-order valence-corrected chi connectivity index (χ1v) is 3.46. The third kappa shape index (κ3) is 1380. The van der Waals surface area contributed by atoms with E-state index in [-0.39, 0.29) is 61.5 Å². The molecule has 92 valence electrons. The van der Waals surface area contributed by atoms with Crippen LogP contribution in [0.5, 0.6) is 0 Å². The van der Waals surface area contributed by atoms with E-state index in [2.05, 4.69) is 0 Å². The molecule has 0 aromatic carbocycles. The first-order chi connectivity index (χ1) is 2.00. The minimum Gasteiger partial charge on any atom is 1.00 e. The van der Waals surface area contributed by atoms with E-state index in [4.69, 9.17) is 16.0 Å². The molecule has 0 spiro atoms. The fraction of sp³-hybridized carbons (Fsp3) is 0. The van der Waals surface area contributed by atoms with Gasteiger partial charge < -0.3 is 27.4 Å². The van der Waals surface area contributed by atoms with Gasteiger partial charge in [0.25, 0.3) is 0 Å². The van der Waals surface area contributed by atoms with Gasteiger partial charge in [0, 0.05) is 0 Å². The minimum atomic E-state index is -5.75. The normalized spacial score (nSPS) is 4.83. The van der Waals surface area contributed by atoms with Gasteiger partial charge in [0.15, 0.2) is 0 Å². The molecule has 0 heterocycles. The Balaban J connectivity index is -0.00000000381. The topological polar surface area (TPSA) is 238 Å². The van der Waals surface area contributed by atoms with E-state index >= 15 is 0 Å². The van der Waals surface area contributed by atoms with Gasteiger partial charge in [-0.1, -0.05) is 0 Å². The number of hydrogen-bond acceptors (Lipinski definition) is 4. The van der Waals surface area contributed by atoms with E-state index in [0.29, 0.717) is 0 Å². The molecule has 0 aromatic rings. The van der Waals surface area contributed by atoms with E-state index in [9.17, 15) is 0 Å². The van der Waals surface area contributed by atoms with Crippen LogP contribution in [-0.2, 0) is 41.8 Å². The molecule has 0 radical (unpaired) electrons. The summed E-state index contributed by atoms with van der Waals surface area (Å²) in [6, 6.07) is 0. The summed E-state index contributed by atoms with van der Waals surface area (Å²) in [4.78, 5) is 0. The summed E-state index contributed by atoms with van der Waals surface area (Å²) in [5, 5.41) is 0. The van der Waals surface area contributed by atoms with Crippen LogP contribution in [0.1, 0.15) is 0 Å². The van der Waals surface area contributed by atoms with Crippen molar-refractivity contribution in [3.05, 3.63) is 0 Å². The summed E-state index contributed by atoms with van der Waals surface area (Å²) in [5.74, 6) is 0. The smallest absolute Gasteiger partial charge is 1.00 e. The summed E-state index contributed by atoms with van der Waals surface area (Å²) in [7, 11) is 0. The fourth-order valence-electron chi connectivity index (χ4n) is 0. The van der Waals surface area contributed by atoms with Gasteiger partial charge in [-0.05, 0) is 0 Å². The monoisotopic (exact) mass is 360 g/mol.